The van der Waals surface area contributed by atoms with E-state index in [9.17, 15) is 9.59 Å². The van der Waals surface area contributed by atoms with Crippen molar-refractivity contribution >= 4 is 16.9 Å². The molecule has 124 valence electrons. The van der Waals surface area contributed by atoms with E-state index in [2.05, 4.69) is 15.3 Å². The number of rotatable bonds is 4. The lowest BCUT2D eigenvalue weighted by Gasteiger charge is -2.20. The van der Waals surface area contributed by atoms with E-state index in [0.717, 1.165) is 11.0 Å². The number of aromatic nitrogens is 3. The quantitative estimate of drug-likeness (QED) is 0.773. The Bertz CT molecular complexity index is 906. The molecule has 1 unspecified atom stereocenters. The van der Waals surface area contributed by atoms with Gasteiger partial charge in [0.15, 0.2) is 0 Å². The summed E-state index contributed by atoms with van der Waals surface area (Å²) in [6.07, 6.45) is 1.59. The second-order valence-electron chi connectivity index (χ2n) is 6.20. The molecule has 0 fully saturated rings. The lowest BCUT2D eigenvalue weighted by atomic mass is 10.0. The number of aryl methyl sites for hydroxylation is 1. The highest BCUT2D eigenvalue weighted by Gasteiger charge is 2.22. The van der Waals surface area contributed by atoms with Crippen LogP contribution in [0.1, 0.15) is 36.1 Å². The second kappa shape index (κ2) is 6.31. The monoisotopic (exact) mass is 324 g/mol. The molecule has 2 aromatic heterocycles. The van der Waals surface area contributed by atoms with E-state index in [4.69, 9.17) is 0 Å². The maximum Gasteiger partial charge on any atom is 0.252 e. The largest absolute Gasteiger partial charge is 0.342 e. The van der Waals surface area contributed by atoms with Gasteiger partial charge < -0.3 is 14.9 Å². The number of pyridine rings is 1. The van der Waals surface area contributed by atoms with Crippen molar-refractivity contribution in [3.63, 3.8) is 0 Å². The van der Waals surface area contributed by atoms with Crippen LogP contribution in [0.5, 0.6) is 0 Å². The van der Waals surface area contributed by atoms with Crippen LogP contribution in [0.3, 0.4) is 0 Å². The van der Waals surface area contributed by atoms with Crippen molar-refractivity contribution in [2.75, 3.05) is 0 Å². The molecule has 3 rings (SSSR count). The van der Waals surface area contributed by atoms with Crippen molar-refractivity contribution in [3.8, 4) is 0 Å². The molecule has 0 aliphatic heterocycles. The van der Waals surface area contributed by atoms with Crippen molar-refractivity contribution < 1.29 is 4.79 Å². The van der Waals surface area contributed by atoms with Crippen LogP contribution in [-0.2, 0) is 7.05 Å². The fourth-order valence-electron chi connectivity index (χ4n) is 2.58. The van der Waals surface area contributed by atoms with Gasteiger partial charge in [0.25, 0.3) is 11.5 Å². The highest BCUT2D eigenvalue weighted by Crippen LogP contribution is 2.22. The van der Waals surface area contributed by atoms with Gasteiger partial charge in [0, 0.05) is 24.9 Å². The van der Waals surface area contributed by atoms with Gasteiger partial charge >= 0.3 is 0 Å². The Morgan fingerprint density at radius 2 is 2.00 bits per heavy atom. The van der Waals surface area contributed by atoms with Crippen LogP contribution in [-0.4, -0.2) is 20.4 Å². The van der Waals surface area contributed by atoms with Gasteiger partial charge in [-0.15, -0.1) is 0 Å². The SMILES string of the molecule is CC(C)C(NC(=O)c1ccn(C)c(=O)c1)c1nc2ccccc2[nH]1. The van der Waals surface area contributed by atoms with Gasteiger partial charge in [0.05, 0.1) is 17.1 Å². The number of benzene rings is 1. The molecule has 6 nitrogen and oxygen atoms in total. The zero-order chi connectivity index (χ0) is 17.3. The fraction of sp³-hybridized carbons (Fsp3) is 0.278. The van der Waals surface area contributed by atoms with Crippen molar-refractivity contribution in [1.82, 2.24) is 19.9 Å². The Morgan fingerprint density at radius 3 is 2.67 bits per heavy atom. The number of aromatic amines is 1. The molecule has 6 heteroatoms. The van der Waals surface area contributed by atoms with Crippen LogP contribution in [0.15, 0.2) is 47.4 Å². The number of nitrogens with one attached hydrogen (secondary N) is 2. The predicted molar refractivity (Wildman–Crippen MR) is 92.8 cm³/mol. The molecule has 0 radical (unpaired) electrons. The van der Waals surface area contributed by atoms with E-state index >= 15 is 0 Å². The summed E-state index contributed by atoms with van der Waals surface area (Å²) in [5.41, 5.74) is 1.93. The standard InChI is InChI=1S/C18H20N4O2/c1-11(2)16(17-19-13-6-4-5-7-14(13)20-17)21-18(24)12-8-9-22(3)15(23)10-12/h4-11,16H,1-3H3,(H,19,20)(H,21,24). The van der Waals surface area contributed by atoms with Crippen LogP contribution in [0, 0.1) is 5.92 Å². The molecule has 0 saturated carbocycles. The van der Waals surface area contributed by atoms with E-state index in [1.807, 2.05) is 38.1 Å². The molecule has 0 aliphatic rings. The molecule has 1 aromatic carbocycles. The summed E-state index contributed by atoms with van der Waals surface area (Å²) in [5, 5.41) is 2.98. The summed E-state index contributed by atoms with van der Waals surface area (Å²) in [4.78, 5) is 32.1. The van der Waals surface area contributed by atoms with Gasteiger partial charge in [-0.1, -0.05) is 26.0 Å². The van der Waals surface area contributed by atoms with E-state index in [1.165, 1.54) is 10.6 Å². The first-order valence-electron chi connectivity index (χ1n) is 7.88. The summed E-state index contributed by atoms with van der Waals surface area (Å²) >= 11 is 0. The molecule has 3 aromatic rings. The predicted octanol–water partition coefficient (Wildman–Crippen LogP) is 2.39. The van der Waals surface area contributed by atoms with Crippen molar-refractivity contribution in [2.45, 2.75) is 19.9 Å². The Kier molecular flexibility index (Phi) is 4.20. The minimum absolute atomic E-state index is 0.140. The van der Waals surface area contributed by atoms with Crippen LogP contribution < -0.4 is 10.9 Å². The van der Waals surface area contributed by atoms with E-state index in [-0.39, 0.29) is 23.4 Å². The molecule has 0 aliphatic carbocycles. The van der Waals surface area contributed by atoms with Crippen LogP contribution >= 0.6 is 0 Å². The smallest absolute Gasteiger partial charge is 0.252 e. The highest BCUT2D eigenvalue weighted by atomic mass is 16.2. The molecule has 0 spiro atoms. The number of para-hydroxylation sites is 2. The minimum Gasteiger partial charge on any atom is -0.342 e. The number of carbonyl (C=O) groups is 1. The van der Waals surface area contributed by atoms with Gasteiger partial charge in [0.2, 0.25) is 0 Å². The highest BCUT2D eigenvalue weighted by molar-refractivity contribution is 5.94. The zero-order valence-electron chi connectivity index (χ0n) is 13.9. The van der Waals surface area contributed by atoms with Gasteiger partial charge in [-0.2, -0.15) is 0 Å². The van der Waals surface area contributed by atoms with Gasteiger partial charge in [-0.3, -0.25) is 9.59 Å². The zero-order valence-corrected chi connectivity index (χ0v) is 13.9. The molecule has 0 bridgehead atoms. The van der Waals surface area contributed by atoms with Crippen LogP contribution in [0.4, 0.5) is 0 Å². The average molecular weight is 324 g/mol. The normalized spacial score (nSPS) is 12.5. The third-order valence-corrected chi connectivity index (χ3v) is 4.02. The first-order chi connectivity index (χ1) is 11.5. The second-order valence-corrected chi connectivity index (χ2v) is 6.20. The van der Waals surface area contributed by atoms with Crippen molar-refractivity contribution in [2.24, 2.45) is 13.0 Å². The summed E-state index contributed by atoms with van der Waals surface area (Å²) in [6, 6.07) is 10.4. The number of imidazole rings is 1. The maximum absolute atomic E-state index is 12.5. The molecular weight excluding hydrogens is 304 g/mol. The lowest BCUT2D eigenvalue weighted by Crippen LogP contribution is -2.33. The molecule has 0 saturated heterocycles. The molecule has 1 atom stereocenters. The average Bonchev–Trinajstić information content (AvgIpc) is 2.98. The van der Waals surface area contributed by atoms with E-state index < -0.39 is 0 Å². The summed E-state index contributed by atoms with van der Waals surface area (Å²) in [7, 11) is 1.65. The minimum atomic E-state index is -0.285. The van der Waals surface area contributed by atoms with Crippen molar-refractivity contribution in [1.29, 1.82) is 0 Å². The number of amides is 1. The molecule has 1 amide bonds. The van der Waals surface area contributed by atoms with Crippen LogP contribution in [0.25, 0.3) is 11.0 Å². The third-order valence-electron chi connectivity index (χ3n) is 4.02. The number of hydrogen-bond donors (Lipinski definition) is 2. The van der Waals surface area contributed by atoms with E-state index in [0.29, 0.717) is 11.4 Å². The van der Waals surface area contributed by atoms with Gasteiger partial charge in [0.1, 0.15) is 5.82 Å². The fourth-order valence-corrected chi connectivity index (χ4v) is 2.58. The van der Waals surface area contributed by atoms with Crippen molar-refractivity contribution in [3.05, 3.63) is 64.3 Å². The Morgan fingerprint density at radius 1 is 1.25 bits per heavy atom. The van der Waals surface area contributed by atoms with Gasteiger partial charge in [-0.05, 0) is 24.1 Å². The summed E-state index contributed by atoms with van der Waals surface area (Å²) in [5.74, 6) is 0.566. The Balaban J connectivity index is 1.89. The maximum atomic E-state index is 12.5. The Labute approximate surface area is 139 Å². The molecule has 2 heterocycles. The van der Waals surface area contributed by atoms with E-state index in [1.54, 1.807) is 19.3 Å². The number of hydrogen-bond acceptors (Lipinski definition) is 3. The number of fused-ring (bicyclic) bond motifs is 1. The first kappa shape index (κ1) is 16.0. The molecular formula is C18H20N4O2. The lowest BCUT2D eigenvalue weighted by molar-refractivity contribution is 0.0923. The number of H-pyrrole nitrogens is 1. The molecule has 24 heavy (non-hydrogen) atoms. The summed E-state index contributed by atoms with van der Waals surface area (Å²) in [6.45, 7) is 4.03. The summed E-state index contributed by atoms with van der Waals surface area (Å²) < 4.78 is 1.43. The Hall–Kier alpha value is -2.89. The van der Waals surface area contributed by atoms with Crippen LogP contribution in [0.2, 0.25) is 0 Å². The van der Waals surface area contributed by atoms with Gasteiger partial charge in [-0.25, -0.2) is 4.98 Å². The number of carbonyl (C=O) groups excluding carboxylic acids is 1. The topological polar surface area (TPSA) is 79.8 Å². The molecule has 2 N–H and O–H groups in total. The first-order valence-corrected chi connectivity index (χ1v) is 7.88. The number of nitrogens with zero attached hydrogens (tertiary/aromatic N) is 2. The third kappa shape index (κ3) is 3.08.